The molecule has 1 unspecified atom stereocenters. The summed E-state index contributed by atoms with van der Waals surface area (Å²) in [6.45, 7) is 4.29. The summed E-state index contributed by atoms with van der Waals surface area (Å²) in [6, 6.07) is 6.02. The van der Waals surface area contributed by atoms with Gasteiger partial charge in [-0.25, -0.2) is 0 Å². The van der Waals surface area contributed by atoms with E-state index in [1.54, 1.807) is 0 Å². The van der Waals surface area contributed by atoms with Gasteiger partial charge >= 0.3 is 0 Å². The van der Waals surface area contributed by atoms with Crippen molar-refractivity contribution in [1.82, 2.24) is 5.32 Å². The van der Waals surface area contributed by atoms with Crippen LogP contribution in [-0.4, -0.2) is 19.0 Å². The summed E-state index contributed by atoms with van der Waals surface area (Å²) in [7, 11) is 0. The first-order chi connectivity index (χ1) is 9.69. The van der Waals surface area contributed by atoms with E-state index in [4.69, 9.17) is 0 Å². The fourth-order valence-corrected chi connectivity index (χ4v) is 3.10. The lowest BCUT2D eigenvalue weighted by molar-refractivity contribution is -0.116. The van der Waals surface area contributed by atoms with E-state index < -0.39 is 0 Å². The third-order valence-electron chi connectivity index (χ3n) is 3.90. The third-order valence-corrected chi connectivity index (χ3v) is 4.39. The predicted molar refractivity (Wildman–Crippen MR) is 87.0 cm³/mol. The van der Waals surface area contributed by atoms with Gasteiger partial charge in [0.1, 0.15) is 0 Å². The maximum absolute atomic E-state index is 12.1. The van der Waals surface area contributed by atoms with Crippen molar-refractivity contribution in [2.45, 2.75) is 39.0 Å². The number of aryl methyl sites for hydroxylation is 1. The Hall–Kier alpha value is -0.870. The fourth-order valence-electron chi connectivity index (χ4n) is 2.70. The molecule has 4 heteroatoms. The lowest BCUT2D eigenvalue weighted by Crippen LogP contribution is -2.30. The zero-order chi connectivity index (χ0) is 14.4. The van der Waals surface area contributed by atoms with E-state index in [1.165, 1.54) is 18.4 Å². The van der Waals surface area contributed by atoms with E-state index in [0.717, 1.165) is 36.1 Å². The second kappa shape index (κ2) is 7.79. The van der Waals surface area contributed by atoms with Crippen LogP contribution in [0.2, 0.25) is 0 Å². The van der Waals surface area contributed by atoms with Gasteiger partial charge in [0.05, 0.1) is 0 Å². The Bertz CT molecular complexity index is 456. The molecule has 0 radical (unpaired) electrons. The fraction of sp³-hybridized carbons (Fsp3) is 0.562. The van der Waals surface area contributed by atoms with Crippen molar-refractivity contribution in [3.8, 4) is 0 Å². The van der Waals surface area contributed by atoms with Gasteiger partial charge in [0.15, 0.2) is 0 Å². The first-order valence-corrected chi connectivity index (χ1v) is 8.27. The Morgan fingerprint density at radius 2 is 2.35 bits per heavy atom. The van der Waals surface area contributed by atoms with Crippen LogP contribution in [0.25, 0.3) is 0 Å². The molecule has 1 aliphatic rings. The third kappa shape index (κ3) is 4.60. The standard InChI is InChI=1S/C16H23BrN2O/c1-2-13-10-14(17)6-7-15(13)19-16(20)8-5-12-4-3-9-18-11-12/h6-7,10,12,18H,2-5,8-9,11H2,1H3,(H,19,20). The summed E-state index contributed by atoms with van der Waals surface area (Å²) < 4.78 is 1.06. The van der Waals surface area contributed by atoms with Gasteiger partial charge in [-0.3, -0.25) is 4.79 Å². The minimum atomic E-state index is 0.132. The highest BCUT2D eigenvalue weighted by molar-refractivity contribution is 9.10. The molecule has 1 saturated heterocycles. The maximum Gasteiger partial charge on any atom is 0.224 e. The summed E-state index contributed by atoms with van der Waals surface area (Å²) in [5, 5.41) is 6.44. The molecule has 1 fully saturated rings. The molecule has 110 valence electrons. The molecular weight excluding hydrogens is 316 g/mol. The molecule has 2 N–H and O–H groups in total. The molecule has 1 heterocycles. The molecule has 1 aromatic rings. The van der Waals surface area contributed by atoms with E-state index in [0.29, 0.717) is 12.3 Å². The van der Waals surface area contributed by atoms with Crippen LogP contribution in [0.5, 0.6) is 0 Å². The second-order valence-corrected chi connectivity index (χ2v) is 6.37. The van der Waals surface area contributed by atoms with E-state index in [-0.39, 0.29) is 5.91 Å². The first kappa shape index (κ1) is 15.5. The zero-order valence-corrected chi connectivity index (χ0v) is 13.6. The Morgan fingerprint density at radius 3 is 3.05 bits per heavy atom. The summed E-state index contributed by atoms with van der Waals surface area (Å²) in [4.78, 5) is 12.1. The summed E-state index contributed by atoms with van der Waals surface area (Å²) >= 11 is 3.47. The van der Waals surface area contributed by atoms with Crippen LogP contribution in [0.4, 0.5) is 5.69 Å². The van der Waals surface area contributed by atoms with Crippen molar-refractivity contribution in [2.24, 2.45) is 5.92 Å². The molecule has 0 spiro atoms. The monoisotopic (exact) mass is 338 g/mol. The topological polar surface area (TPSA) is 41.1 Å². The largest absolute Gasteiger partial charge is 0.326 e. The number of hydrogen-bond acceptors (Lipinski definition) is 2. The lowest BCUT2D eigenvalue weighted by atomic mass is 9.94. The van der Waals surface area contributed by atoms with Gasteiger partial charge in [-0.1, -0.05) is 22.9 Å². The van der Waals surface area contributed by atoms with Crippen LogP contribution >= 0.6 is 15.9 Å². The number of rotatable bonds is 5. The smallest absolute Gasteiger partial charge is 0.224 e. The van der Waals surface area contributed by atoms with Crippen molar-refractivity contribution in [2.75, 3.05) is 18.4 Å². The van der Waals surface area contributed by atoms with Gasteiger partial charge in [-0.15, -0.1) is 0 Å². The SMILES string of the molecule is CCc1cc(Br)ccc1NC(=O)CCC1CCCNC1. The van der Waals surface area contributed by atoms with Crippen LogP contribution in [0, 0.1) is 5.92 Å². The van der Waals surface area contributed by atoms with Crippen molar-refractivity contribution in [1.29, 1.82) is 0 Å². The Balaban J connectivity index is 1.84. The summed E-state index contributed by atoms with van der Waals surface area (Å²) in [5.74, 6) is 0.789. The molecule has 1 aromatic carbocycles. The Labute approximate surface area is 129 Å². The molecule has 3 nitrogen and oxygen atoms in total. The molecule has 0 aromatic heterocycles. The van der Waals surface area contributed by atoms with E-state index in [9.17, 15) is 4.79 Å². The minimum Gasteiger partial charge on any atom is -0.326 e. The number of halogens is 1. The van der Waals surface area contributed by atoms with Crippen LogP contribution in [0.15, 0.2) is 22.7 Å². The van der Waals surface area contributed by atoms with Gasteiger partial charge in [0.25, 0.3) is 0 Å². The van der Waals surface area contributed by atoms with E-state index in [1.807, 2.05) is 12.1 Å². The second-order valence-electron chi connectivity index (χ2n) is 5.45. The van der Waals surface area contributed by atoms with Gasteiger partial charge < -0.3 is 10.6 Å². The number of amides is 1. The highest BCUT2D eigenvalue weighted by atomic mass is 79.9. The van der Waals surface area contributed by atoms with Crippen molar-refractivity contribution in [3.63, 3.8) is 0 Å². The normalized spacial score (nSPS) is 18.8. The van der Waals surface area contributed by atoms with Gasteiger partial charge in [-0.05, 0) is 68.5 Å². The average molecular weight is 339 g/mol. The highest BCUT2D eigenvalue weighted by Crippen LogP contribution is 2.22. The highest BCUT2D eigenvalue weighted by Gasteiger charge is 2.15. The van der Waals surface area contributed by atoms with E-state index in [2.05, 4.69) is 39.6 Å². The molecule has 0 saturated carbocycles. The van der Waals surface area contributed by atoms with Crippen LogP contribution < -0.4 is 10.6 Å². The first-order valence-electron chi connectivity index (χ1n) is 7.48. The molecule has 2 rings (SSSR count). The zero-order valence-electron chi connectivity index (χ0n) is 12.0. The Kier molecular flexibility index (Phi) is 6.05. The van der Waals surface area contributed by atoms with E-state index >= 15 is 0 Å². The number of benzene rings is 1. The molecular formula is C16H23BrN2O. The van der Waals surface area contributed by atoms with Crippen LogP contribution in [0.1, 0.15) is 38.2 Å². The average Bonchev–Trinajstić information content (AvgIpc) is 2.48. The summed E-state index contributed by atoms with van der Waals surface area (Å²) in [5.41, 5.74) is 2.12. The number of hydrogen-bond donors (Lipinski definition) is 2. The molecule has 1 amide bonds. The molecule has 20 heavy (non-hydrogen) atoms. The number of anilines is 1. The molecule has 1 atom stereocenters. The number of carbonyl (C=O) groups is 1. The molecule has 0 aliphatic carbocycles. The maximum atomic E-state index is 12.1. The number of nitrogens with one attached hydrogen (secondary N) is 2. The number of piperidine rings is 1. The van der Waals surface area contributed by atoms with Crippen molar-refractivity contribution < 1.29 is 4.79 Å². The van der Waals surface area contributed by atoms with Crippen LogP contribution in [-0.2, 0) is 11.2 Å². The minimum absolute atomic E-state index is 0.132. The lowest BCUT2D eigenvalue weighted by Gasteiger charge is -2.22. The predicted octanol–water partition coefficient (Wildman–Crippen LogP) is 3.73. The van der Waals surface area contributed by atoms with Gasteiger partial charge in [0.2, 0.25) is 5.91 Å². The quantitative estimate of drug-likeness (QED) is 0.858. The van der Waals surface area contributed by atoms with Crippen molar-refractivity contribution >= 4 is 27.5 Å². The number of carbonyl (C=O) groups excluding carboxylic acids is 1. The van der Waals surface area contributed by atoms with Crippen molar-refractivity contribution in [3.05, 3.63) is 28.2 Å². The van der Waals surface area contributed by atoms with Crippen LogP contribution in [0.3, 0.4) is 0 Å². The van der Waals surface area contributed by atoms with Gasteiger partial charge in [0, 0.05) is 16.6 Å². The summed E-state index contributed by atoms with van der Waals surface area (Å²) in [6.07, 6.45) is 5.00. The molecule has 0 bridgehead atoms. The Morgan fingerprint density at radius 1 is 1.50 bits per heavy atom. The van der Waals surface area contributed by atoms with Gasteiger partial charge in [-0.2, -0.15) is 0 Å². The molecule has 1 aliphatic heterocycles.